The maximum atomic E-state index is 11.1. The van der Waals surface area contributed by atoms with Crippen LogP contribution < -0.4 is 4.84 Å². The molecule has 0 atom stereocenters. The first kappa shape index (κ1) is 13.4. The van der Waals surface area contributed by atoms with Crippen LogP contribution in [-0.4, -0.2) is 46.6 Å². The molecule has 0 aliphatic carbocycles. The van der Waals surface area contributed by atoms with Gasteiger partial charge in [-0.1, -0.05) is 0 Å². The average molecular weight is 259 g/mol. The molecule has 0 spiro atoms. The van der Waals surface area contributed by atoms with E-state index in [-0.39, 0.29) is 6.47 Å². The molecule has 0 fully saturated rings. The summed E-state index contributed by atoms with van der Waals surface area (Å²) in [6, 6.07) is 2.18. The highest BCUT2D eigenvalue weighted by Gasteiger charge is 2.14. The van der Waals surface area contributed by atoms with Gasteiger partial charge in [-0.2, -0.15) is 0 Å². The van der Waals surface area contributed by atoms with E-state index in [1.165, 1.54) is 0 Å². The Balaban J connectivity index is 2.38. The quantitative estimate of drug-likeness (QED) is 0.470. The van der Waals surface area contributed by atoms with Crippen molar-refractivity contribution in [2.45, 2.75) is 0 Å². The smallest absolute Gasteiger partial charge is 0.370 e. The van der Waals surface area contributed by atoms with Crippen LogP contribution in [0.25, 0.3) is 0 Å². The van der Waals surface area contributed by atoms with Crippen LogP contribution in [0.2, 0.25) is 0 Å². The van der Waals surface area contributed by atoms with Crippen LogP contribution in [0, 0.1) is 0 Å². The fourth-order valence-electron chi connectivity index (χ4n) is 0.907. The number of hydrogen-bond acceptors (Lipinski definition) is 8. The van der Waals surface area contributed by atoms with E-state index in [4.69, 9.17) is 10.2 Å². The molecule has 0 saturated heterocycles. The van der Waals surface area contributed by atoms with E-state index in [1.807, 2.05) is 0 Å². The van der Waals surface area contributed by atoms with E-state index in [2.05, 4.69) is 14.3 Å². The molecule has 9 nitrogen and oxygen atoms in total. The largest absolute Gasteiger partial charge is 0.492 e. The first-order valence-corrected chi connectivity index (χ1v) is 4.56. The lowest BCUT2D eigenvalue weighted by molar-refractivity contribution is -0.163. The van der Waals surface area contributed by atoms with Crippen molar-refractivity contribution < 1.29 is 38.9 Å². The van der Waals surface area contributed by atoms with Crippen molar-refractivity contribution in [1.29, 1.82) is 0 Å². The van der Waals surface area contributed by atoms with Crippen LogP contribution >= 0.6 is 0 Å². The molecule has 0 radical (unpaired) electrons. The van der Waals surface area contributed by atoms with Gasteiger partial charge in [-0.15, -0.1) is 4.73 Å². The van der Waals surface area contributed by atoms with E-state index in [9.17, 15) is 14.4 Å². The minimum absolute atomic E-state index is 0.0511. The normalized spacial score (nSPS) is 9.56. The van der Waals surface area contributed by atoms with Gasteiger partial charge >= 0.3 is 11.9 Å². The Hall–Kier alpha value is -2.71. The fourth-order valence-corrected chi connectivity index (χ4v) is 0.907. The van der Waals surface area contributed by atoms with Crippen molar-refractivity contribution in [2.75, 3.05) is 13.2 Å². The van der Waals surface area contributed by atoms with E-state index in [0.29, 0.717) is 4.73 Å². The Morgan fingerprint density at radius 3 is 2.33 bits per heavy atom. The maximum Gasteiger partial charge on any atom is 0.370 e. The first-order chi connectivity index (χ1) is 8.54. The summed E-state index contributed by atoms with van der Waals surface area (Å²) in [4.78, 5) is 36.2. The number of carbonyl (C=O) groups is 3. The number of hydrogen-bond donors (Lipinski definition) is 2. The number of rotatable bonds is 6. The highest BCUT2D eigenvalue weighted by atomic mass is 16.7. The summed E-state index contributed by atoms with van der Waals surface area (Å²) in [5, 5.41) is 18.3. The highest BCUT2D eigenvalue weighted by molar-refractivity contribution is 5.77. The first-order valence-electron chi connectivity index (χ1n) is 4.56. The van der Waals surface area contributed by atoms with Gasteiger partial charge in [0.25, 0.3) is 6.47 Å². The van der Waals surface area contributed by atoms with Crippen LogP contribution in [0.15, 0.2) is 12.1 Å². The Bertz CT molecular complexity index is 432. The lowest BCUT2D eigenvalue weighted by Gasteiger charge is -2.07. The summed E-state index contributed by atoms with van der Waals surface area (Å²) in [5.41, 5.74) is 0. The number of nitrogens with zero attached hydrogens (tertiary/aromatic N) is 1. The second-order valence-corrected chi connectivity index (χ2v) is 2.88. The molecule has 0 aliphatic rings. The fraction of sp³-hybridized carbons (Fsp3) is 0.222. The SMILES string of the molecule is O=COCC(=O)OCC(=O)On1c(O)ccc1O. The zero-order chi connectivity index (χ0) is 13.5. The summed E-state index contributed by atoms with van der Waals surface area (Å²) >= 11 is 0. The van der Waals surface area contributed by atoms with Gasteiger partial charge in [0.15, 0.2) is 13.2 Å². The standard InChI is InChI=1S/C9H9NO8/c11-5-16-3-8(14)17-4-9(15)18-10-6(12)1-2-7(10)13/h1-2,5,12-13H,3-4H2. The minimum Gasteiger partial charge on any atom is -0.492 e. The molecular weight excluding hydrogens is 250 g/mol. The van der Waals surface area contributed by atoms with Crippen LogP contribution in [0.1, 0.15) is 0 Å². The van der Waals surface area contributed by atoms with E-state index in [1.54, 1.807) is 0 Å². The molecule has 0 aliphatic heterocycles. The summed E-state index contributed by atoms with van der Waals surface area (Å²) < 4.78 is 8.88. The summed E-state index contributed by atoms with van der Waals surface area (Å²) in [6.07, 6.45) is 0. The number of aromatic nitrogens is 1. The molecule has 98 valence electrons. The Labute approximate surface area is 100 Å². The highest BCUT2D eigenvalue weighted by Crippen LogP contribution is 2.18. The predicted molar refractivity (Wildman–Crippen MR) is 52.3 cm³/mol. The molecule has 18 heavy (non-hydrogen) atoms. The molecule has 0 unspecified atom stereocenters. The number of aromatic hydroxyl groups is 2. The van der Waals surface area contributed by atoms with Crippen LogP contribution in [-0.2, 0) is 23.9 Å². The van der Waals surface area contributed by atoms with E-state index in [0.717, 1.165) is 12.1 Å². The Morgan fingerprint density at radius 2 is 1.78 bits per heavy atom. The van der Waals surface area contributed by atoms with Gasteiger partial charge in [0.1, 0.15) is 0 Å². The summed E-state index contributed by atoms with van der Waals surface area (Å²) in [7, 11) is 0. The number of ether oxygens (including phenoxy) is 2. The van der Waals surface area contributed by atoms with Crippen LogP contribution in [0.5, 0.6) is 11.8 Å². The molecule has 0 saturated carbocycles. The van der Waals surface area contributed by atoms with Crippen molar-refractivity contribution >= 4 is 18.4 Å². The molecule has 1 aromatic rings. The van der Waals surface area contributed by atoms with Crippen molar-refractivity contribution in [2.24, 2.45) is 0 Å². The Kier molecular flexibility index (Phi) is 4.55. The molecule has 1 heterocycles. The molecule has 0 aromatic carbocycles. The summed E-state index contributed by atoms with van der Waals surface area (Å²) in [6.45, 7) is -1.34. The average Bonchev–Trinajstić information content (AvgIpc) is 2.65. The molecule has 0 bridgehead atoms. The lowest BCUT2D eigenvalue weighted by Crippen LogP contribution is -2.26. The van der Waals surface area contributed by atoms with Gasteiger partial charge in [0, 0.05) is 12.1 Å². The van der Waals surface area contributed by atoms with E-state index < -0.39 is 36.9 Å². The van der Waals surface area contributed by atoms with Crippen molar-refractivity contribution in [3.8, 4) is 11.8 Å². The van der Waals surface area contributed by atoms with E-state index >= 15 is 0 Å². The molecule has 0 amide bonds. The van der Waals surface area contributed by atoms with Gasteiger partial charge in [-0.05, 0) is 0 Å². The molecular formula is C9H9NO8. The van der Waals surface area contributed by atoms with Gasteiger partial charge in [-0.3, -0.25) is 4.79 Å². The van der Waals surface area contributed by atoms with Crippen LogP contribution in [0.4, 0.5) is 0 Å². The predicted octanol–water partition coefficient (Wildman–Crippen LogP) is -1.43. The second kappa shape index (κ2) is 6.13. The van der Waals surface area contributed by atoms with Crippen LogP contribution in [0.3, 0.4) is 0 Å². The maximum absolute atomic E-state index is 11.1. The zero-order valence-electron chi connectivity index (χ0n) is 8.94. The van der Waals surface area contributed by atoms with Crippen molar-refractivity contribution in [1.82, 2.24) is 4.73 Å². The zero-order valence-corrected chi connectivity index (χ0v) is 8.94. The number of esters is 1. The Morgan fingerprint density at radius 1 is 1.17 bits per heavy atom. The van der Waals surface area contributed by atoms with Gasteiger partial charge in [-0.25, -0.2) is 9.59 Å². The van der Waals surface area contributed by atoms with Gasteiger partial charge in [0.05, 0.1) is 0 Å². The third kappa shape index (κ3) is 3.70. The molecule has 1 rings (SSSR count). The topological polar surface area (TPSA) is 124 Å². The van der Waals surface area contributed by atoms with Crippen molar-refractivity contribution in [3.63, 3.8) is 0 Å². The third-order valence-corrected chi connectivity index (χ3v) is 1.61. The molecule has 2 N–H and O–H groups in total. The monoisotopic (exact) mass is 259 g/mol. The summed E-state index contributed by atoms with van der Waals surface area (Å²) in [5.74, 6) is -3.00. The lowest BCUT2D eigenvalue weighted by atomic mass is 10.6. The van der Waals surface area contributed by atoms with Gasteiger partial charge in [0.2, 0.25) is 11.8 Å². The molecule has 1 aromatic heterocycles. The third-order valence-electron chi connectivity index (χ3n) is 1.61. The second-order valence-electron chi connectivity index (χ2n) is 2.88. The molecule has 9 heteroatoms. The minimum atomic E-state index is -1.05. The van der Waals surface area contributed by atoms with Gasteiger partial charge < -0.3 is 24.5 Å². The number of carbonyl (C=O) groups excluding carboxylic acids is 3. The van der Waals surface area contributed by atoms with Crippen molar-refractivity contribution in [3.05, 3.63) is 12.1 Å².